The van der Waals surface area contributed by atoms with Gasteiger partial charge in [0.1, 0.15) is 0 Å². The summed E-state index contributed by atoms with van der Waals surface area (Å²) in [6.45, 7) is -0.499. The average Bonchev–Trinajstić information content (AvgIpc) is 1.94. The van der Waals surface area contributed by atoms with Crippen molar-refractivity contribution < 1.29 is 14.2 Å². The second-order valence-electron chi connectivity index (χ2n) is 1.70. The molecule has 0 bridgehead atoms. The SMILES string of the molecule is OCOc1ccccc1F. The van der Waals surface area contributed by atoms with E-state index < -0.39 is 12.6 Å². The lowest BCUT2D eigenvalue weighted by molar-refractivity contribution is 0.0944. The van der Waals surface area contributed by atoms with Crippen molar-refractivity contribution in [1.82, 2.24) is 0 Å². The highest BCUT2D eigenvalue weighted by atomic mass is 19.1. The summed E-state index contributed by atoms with van der Waals surface area (Å²) in [6, 6.07) is 5.91. The van der Waals surface area contributed by atoms with Gasteiger partial charge in [-0.1, -0.05) is 12.1 Å². The second-order valence-corrected chi connectivity index (χ2v) is 1.70. The Hall–Kier alpha value is -1.09. The van der Waals surface area contributed by atoms with Gasteiger partial charge in [-0.15, -0.1) is 0 Å². The summed E-state index contributed by atoms with van der Waals surface area (Å²) in [5.74, 6) is -0.387. The van der Waals surface area contributed by atoms with E-state index in [1.807, 2.05) is 0 Å². The molecule has 0 amide bonds. The van der Waals surface area contributed by atoms with Crippen LogP contribution in [0, 0.1) is 5.82 Å². The number of para-hydroxylation sites is 1. The Bertz CT molecular complexity index is 213. The first-order valence-electron chi connectivity index (χ1n) is 2.83. The topological polar surface area (TPSA) is 29.5 Å². The normalized spacial score (nSPS) is 9.40. The molecule has 1 N–H and O–H groups in total. The first kappa shape index (κ1) is 7.02. The molecule has 0 spiro atoms. The largest absolute Gasteiger partial charge is 0.465 e. The van der Waals surface area contributed by atoms with Crippen molar-refractivity contribution in [2.75, 3.05) is 6.79 Å². The van der Waals surface area contributed by atoms with E-state index in [0.717, 1.165) is 0 Å². The van der Waals surface area contributed by atoms with Crippen molar-refractivity contribution in [1.29, 1.82) is 0 Å². The van der Waals surface area contributed by atoms with Gasteiger partial charge >= 0.3 is 0 Å². The van der Waals surface area contributed by atoms with Crippen LogP contribution in [0.25, 0.3) is 0 Å². The summed E-state index contributed by atoms with van der Waals surface area (Å²) in [4.78, 5) is 0. The van der Waals surface area contributed by atoms with E-state index in [2.05, 4.69) is 4.74 Å². The number of hydrogen-bond acceptors (Lipinski definition) is 2. The van der Waals surface area contributed by atoms with Crippen molar-refractivity contribution >= 4 is 0 Å². The molecule has 0 unspecified atom stereocenters. The van der Waals surface area contributed by atoms with Gasteiger partial charge in [-0.25, -0.2) is 4.39 Å². The molecule has 0 aromatic heterocycles. The van der Waals surface area contributed by atoms with Crippen LogP contribution >= 0.6 is 0 Å². The van der Waals surface area contributed by atoms with Crippen LogP contribution in [0.15, 0.2) is 24.3 Å². The van der Waals surface area contributed by atoms with E-state index in [9.17, 15) is 4.39 Å². The molecule has 54 valence electrons. The molecular formula is C7H7FO2. The molecule has 0 atom stereocenters. The molecule has 0 saturated heterocycles. The number of ether oxygens (including phenoxy) is 1. The van der Waals surface area contributed by atoms with Gasteiger partial charge in [-0.3, -0.25) is 0 Å². The van der Waals surface area contributed by atoms with Crippen LogP contribution in [0.5, 0.6) is 5.75 Å². The molecule has 0 saturated carbocycles. The highest BCUT2D eigenvalue weighted by molar-refractivity contribution is 5.23. The Morgan fingerprint density at radius 3 is 2.70 bits per heavy atom. The van der Waals surface area contributed by atoms with E-state index in [1.54, 1.807) is 12.1 Å². The third kappa shape index (κ3) is 1.45. The quantitative estimate of drug-likeness (QED) is 0.628. The smallest absolute Gasteiger partial charge is 0.186 e. The van der Waals surface area contributed by atoms with Gasteiger partial charge in [-0.05, 0) is 12.1 Å². The first-order chi connectivity index (χ1) is 4.84. The lowest BCUT2D eigenvalue weighted by atomic mass is 10.3. The third-order valence-electron chi connectivity index (χ3n) is 1.06. The number of aliphatic hydroxyl groups excluding tert-OH is 1. The maximum Gasteiger partial charge on any atom is 0.186 e. The zero-order chi connectivity index (χ0) is 7.40. The van der Waals surface area contributed by atoms with Crippen LogP contribution in [0.1, 0.15) is 0 Å². The maximum atomic E-state index is 12.5. The molecule has 2 nitrogen and oxygen atoms in total. The summed E-state index contributed by atoms with van der Waals surface area (Å²) >= 11 is 0. The van der Waals surface area contributed by atoms with Crippen LogP contribution in [0.2, 0.25) is 0 Å². The Labute approximate surface area is 57.9 Å². The van der Waals surface area contributed by atoms with E-state index in [0.29, 0.717) is 0 Å². The Kier molecular flexibility index (Phi) is 2.23. The minimum absolute atomic E-state index is 0.0741. The molecule has 0 heterocycles. The van der Waals surface area contributed by atoms with Crippen LogP contribution in [-0.2, 0) is 0 Å². The fraction of sp³-hybridized carbons (Fsp3) is 0.143. The number of halogens is 1. The molecule has 1 aromatic rings. The van der Waals surface area contributed by atoms with Crippen LogP contribution in [-0.4, -0.2) is 11.9 Å². The molecule has 0 aliphatic carbocycles. The number of rotatable bonds is 2. The number of hydrogen-bond donors (Lipinski definition) is 1. The fourth-order valence-corrected chi connectivity index (χ4v) is 0.631. The predicted molar refractivity (Wildman–Crippen MR) is 34.1 cm³/mol. The van der Waals surface area contributed by atoms with E-state index >= 15 is 0 Å². The van der Waals surface area contributed by atoms with Gasteiger partial charge in [-0.2, -0.15) is 0 Å². The minimum Gasteiger partial charge on any atom is -0.465 e. The van der Waals surface area contributed by atoms with Crippen molar-refractivity contribution in [2.24, 2.45) is 0 Å². The Balaban J connectivity index is 2.81. The highest BCUT2D eigenvalue weighted by Gasteiger charge is 1.97. The maximum absolute atomic E-state index is 12.5. The zero-order valence-electron chi connectivity index (χ0n) is 5.25. The van der Waals surface area contributed by atoms with Crippen molar-refractivity contribution in [3.8, 4) is 5.75 Å². The molecule has 1 aromatic carbocycles. The molecule has 0 radical (unpaired) electrons. The van der Waals surface area contributed by atoms with Gasteiger partial charge in [0.2, 0.25) is 0 Å². The van der Waals surface area contributed by atoms with Crippen LogP contribution in [0.4, 0.5) is 4.39 Å². The molecule has 0 aliphatic rings. The second kappa shape index (κ2) is 3.17. The minimum atomic E-state index is -0.499. The molecule has 3 heteroatoms. The zero-order valence-corrected chi connectivity index (χ0v) is 5.25. The average molecular weight is 142 g/mol. The summed E-state index contributed by atoms with van der Waals surface area (Å²) in [6.07, 6.45) is 0. The van der Waals surface area contributed by atoms with Gasteiger partial charge in [0.15, 0.2) is 18.4 Å². The van der Waals surface area contributed by atoms with E-state index in [1.165, 1.54) is 12.1 Å². The predicted octanol–water partition coefficient (Wildman–Crippen LogP) is 1.15. The standard InChI is InChI=1S/C7H7FO2/c8-6-3-1-2-4-7(6)10-5-9/h1-4,9H,5H2. The first-order valence-corrected chi connectivity index (χ1v) is 2.83. The van der Waals surface area contributed by atoms with Crippen molar-refractivity contribution in [3.05, 3.63) is 30.1 Å². The summed E-state index contributed by atoms with van der Waals surface area (Å²) in [5.41, 5.74) is 0. The van der Waals surface area contributed by atoms with Gasteiger partial charge in [0.25, 0.3) is 0 Å². The molecule has 1 rings (SSSR count). The summed E-state index contributed by atoms with van der Waals surface area (Å²) in [7, 11) is 0. The summed E-state index contributed by atoms with van der Waals surface area (Å²) < 4.78 is 17.1. The van der Waals surface area contributed by atoms with Crippen molar-refractivity contribution in [3.63, 3.8) is 0 Å². The van der Waals surface area contributed by atoms with Gasteiger partial charge in [0, 0.05) is 0 Å². The Morgan fingerprint density at radius 1 is 1.40 bits per heavy atom. The van der Waals surface area contributed by atoms with E-state index in [-0.39, 0.29) is 5.75 Å². The highest BCUT2D eigenvalue weighted by Crippen LogP contribution is 2.14. The number of aliphatic hydroxyl groups is 1. The molecular weight excluding hydrogens is 135 g/mol. The molecule has 0 fully saturated rings. The third-order valence-corrected chi connectivity index (χ3v) is 1.06. The number of benzene rings is 1. The van der Waals surface area contributed by atoms with Crippen LogP contribution < -0.4 is 4.74 Å². The van der Waals surface area contributed by atoms with Gasteiger partial charge in [0.05, 0.1) is 0 Å². The fourth-order valence-electron chi connectivity index (χ4n) is 0.631. The van der Waals surface area contributed by atoms with Gasteiger partial charge < -0.3 is 9.84 Å². The molecule has 10 heavy (non-hydrogen) atoms. The Morgan fingerprint density at radius 2 is 2.10 bits per heavy atom. The lowest BCUT2D eigenvalue weighted by Gasteiger charge is -2.00. The van der Waals surface area contributed by atoms with E-state index in [4.69, 9.17) is 5.11 Å². The van der Waals surface area contributed by atoms with Crippen LogP contribution in [0.3, 0.4) is 0 Å². The monoisotopic (exact) mass is 142 g/mol. The molecule has 0 aliphatic heterocycles. The lowest BCUT2D eigenvalue weighted by Crippen LogP contribution is -1.96. The summed E-state index contributed by atoms with van der Waals surface area (Å²) in [5, 5.41) is 8.26. The van der Waals surface area contributed by atoms with Crippen molar-refractivity contribution in [2.45, 2.75) is 0 Å².